The molecule has 2 aliphatic heterocycles. The molecule has 0 N–H and O–H groups in total. The normalized spacial score (nSPS) is 22.1. The van der Waals surface area contributed by atoms with Gasteiger partial charge in [-0.2, -0.15) is 0 Å². The molecule has 2 saturated carbocycles. The molecule has 2 aliphatic carbocycles. The smallest absolute Gasteiger partial charge is 0.226 e. The lowest BCUT2D eigenvalue weighted by Gasteiger charge is -2.30. The van der Waals surface area contributed by atoms with Gasteiger partial charge in [-0.25, -0.2) is 0 Å². The highest BCUT2D eigenvalue weighted by molar-refractivity contribution is 5.80. The van der Waals surface area contributed by atoms with E-state index < -0.39 is 0 Å². The average Bonchev–Trinajstić information content (AvgIpc) is 3.18. The van der Waals surface area contributed by atoms with E-state index in [9.17, 15) is 4.79 Å². The minimum atomic E-state index is 0.247. The van der Waals surface area contributed by atoms with E-state index in [-0.39, 0.29) is 5.92 Å². The fourth-order valence-electron chi connectivity index (χ4n) is 4.78. The van der Waals surface area contributed by atoms with Crippen molar-refractivity contribution in [2.24, 2.45) is 5.92 Å². The SMILES string of the molecule is O=C(C1CCCCC1)N(Cc1c2c(cc3c1OCC3)OCC2)C1CC1. The molecule has 1 amide bonds. The largest absolute Gasteiger partial charge is 0.493 e. The van der Waals surface area contributed by atoms with Gasteiger partial charge in [0.2, 0.25) is 5.91 Å². The van der Waals surface area contributed by atoms with Crippen LogP contribution in [0.25, 0.3) is 0 Å². The third kappa shape index (κ3) is 2.80. The topological polar surface area (TPSA) is 38.8 Å². The molecule has 134 valence electrons. The van der Waals surface area contributed by atoms with Crippen LogP contribution in [0.3, 0.4) is 0 Å². The Morgan fingerprint density at radius 2 is 1.84 bits per heavy atom. The van der Waals surface area contributed by atoms with Crippen LogP contribution in [0, 0.1) is 5.92 Å². The Morgan fingerprint density at radius 3 is 2.64 bits per heavy atom. The zero-order valence-electron chi connectivity index (χ0n) is 14.9. The van der Waals surface area contributed by atoms with Gasteiger partial charge in [-0.1, -0.05) is 19.3 Å². The Kier molecular flexibility index (Phi) is 3.87. The number of carbonyl (C=O) groups is 1. The Bertz CT molecular complexity index is 657. The number of ether oxygens (including phenoxy) is 2. The molecule has 4 nitrogen and oxygen atoms in total. The summed E-state index contributed by atoms with van der Waals surface area (Å²) < 4.78 is 11.8. The summed E-state index contributed by atoms with van der Waals surface area (Å²) in [5, 5.41) is 0. The summed E-state index contributed by atoms with van der Waals surface area (Å²) in [5.41, 5.74) is 3.78. The number of hydrogen-bond donors (Lipinski definition) is 0. The Labute approximate surface area is 149 Å². The van der Waals surface area contributed by atoms with Gasteiger partial charge >= 0.3 is 0 Å². The van der Waals surface area contributed by atoms with Crippen molar-refractivity contribution in [3.63, 3.8) is 0 Å². The van der Waals surface area contributed by atoms with Gasteiger partial charge in [0.15, 0.2) is 0 Å². The Balaban J connectivity index is 1.46. The number of carbonyl (C=O) groups excluding carboxylic acids is 1. The molecular formula is C21H27NO3. The van der Waals surface area contributed by atoms with Crippen molar-refractivity contribution in [1.29, 1.82) is 0 Å². The standard InChI is InChI=1S/C21H27NO3/c23-21(14-4-2-1-3-5-14)22(16-6-7-16)13-18-17-9-11-24-19(17)12-15-8-10-25-20(15)18/h12,14,16H,1-11,13H2. The molecular weight excluding hydrogens is 314 g/mol. The van der Waals surface area contributed by atoms with Crippen molar-refractivity contribution in [1.82, 2.24) is 4.90 Å². The molecule has 4 aliphatic rings. The van der Waals surface area contributed by atoms with Crippen molar-refractivity contribution in [3.05, 3.63) is 22.8 Å². The molecule has 0 atom stereocenters. The van der Waals surface area contributed by atoms with Crippen molar-refractivity contribution >= 4 is 5.91 Å². The van der Waals surface area contributed by atoms with Gasteiger partial charge in [-0.3, -0.25) is 4.79 Å². The maximum Gasteiger partial charge on any atom is 0.226 e. The van der Waals surface area contributed by atoms with Crippen LogP contribution in [0.5, 0.6) is 11.5 Å². The van der Waals surface area contributed by atoms with E-state index in [1.807, 2.05) is 0 Å². The third-order valence-electron chi connectivity index (χ3n) is 6.31. The third-order valence-corrected chi connectivity index (χ3v) is 6.31. The van der Waals surface area contributed by atoms with Gasteiger partial charge < -0.3 is 14.4 Å². The number of amides is 1. The highest BCUT2D eigenvalue weighted by atomic mass is 16.5. The summed E-state index contributed by atoms with van der Waals surface area (Å²) >= 11 is 0. The first-order valence-electron chi connectivity index (χ1n) is 10.0. The predicted octanol–water partition coefficient (Wildman–Crippen LogP) is 3.63. The van der Waals surface area contributed by atoms with Crippen LogP contribution in [0.1, 0.15) is 61.6 Å². The van der Waals surface area contributed by atoms with Crippen molar-refractivity contribution in [2.45, 2.75) is 70.4 Å². The highest BCUT2D eigenvalue weighted by Crippen LogP contribution is 2.43. The van der Waals surface area contributed by atoms with Gasteiger partial charge in [-0.05, 0) is 31.7 Å². The van der Waals surface area contributed by atoms with Crippen LogP contribution < -0.4 is 9.47 Å². The number of hydrogen-bond acceptors (Lipinski definition) is 3. The molecule has 0 saturated heterocycles. The fraction of sp³-hybridized carbons (Fsp3) is 0.667. The number of benzene rings is 1. The van der Waals surface area contributed by atoms with E-state index in [2.05, 4.69) is 11.0 Å². The molecule has 4 heteroatoms. The zero-order chi connectivity index (χ0) is 16.8. The fourth-order valence-corrected chi connectivity index (χ4v) is 4.78. The highest BCUT2D eigenvalue weighted by Gasteiger charge is 2.38. The second kappa shape index (κ2) is 6.22. The summed E-state index contributed by atoms with van der Waals surface area (Å²) in [4.78, 5) is 15.4. The summed E-state index contributed by atoms with van der Waals surface area (Å²) in [6.45, 7) is 2.23. The van der Waals surface area contributed by atoms with Crippen molar-refractivity contribution in [2.75, 3.05) is 13.2 Å². The number of fused-ring (bicyclic) bond motifs is 2. The van der Waals surface area contributed by atoms with E-state index in [1.165, 1.54) is 36.0 Å². The summed E-state index contributed by atoms with van der Waals surface area (Å²) in [5.74, 6) is 2.72. The van der Waals surface area contributed by atoms with E-state index in [0.717, 1.165) is 69.8 Å². The van der Waals surface area contributed by atoms with Gasteiger partial charge in [-0.15, -0.1) is 0 Å². The minimum absolute atomic E-state index is 0.247. The van der Waals surface area contributed by atoms with Crippen LogP contribution >= 0.6 is 0 Å². The van der Waals surface area contributed by atoms with Crippen LogP contribution in [0.2, 0.25) is 0 Å². The van der Waals surface area contributed by atoms with E-state index in [1.54, 1.807) is 0 Å². The van der Waals surface area contributed by atoms with Crippen LogP contribution in [0.4, 0.5) is 0 Å². The first-order chi connectivity index (χ1) is 12.3. The second-order valence-corrected chi connectivity index (χ2v) is 8.05. The molecule has 0 aromatic heterocycles. The monoisotopic (exact) mass is 341 g/mol. The van der Waals surface area contributed by atoms with Gasteiger partial charge in [0.05, 0.1) is 19.8 Å². The Morgan fingerprint density at radius 1 is 1.04 bits per heavy atom. The lowest BCUT2D eigenvalue weighted by molar-refractivity contribution is -0.137. The zero-order valence-corrected chi connectivity index (χ0v) is 14.9. The van der Waals surface area contributed by atoms with Crippen molar-refractivity contribution < 1.29 is 14.3 Å². The molecule has 2 heterocycles. The molecule has 5 rings (SSSR count). The summed E-state index contributed by atoms with van der Waals surface area (Å²) in [6.07, 6.45) is 10.1. The minimum Gasteiger partial charge on any atom is -0.493 e. The first kappa shape index (κ1) is 15.5. The molecule has 0 bridgehead atoms. The van der Waals surface area contributed by atoms with Crippen molar-refractivity contribution in [3.8, 4) is 11.5 Å². The number of nitrogens with zero attached hydrogens (tertiary/aromatic N) is 1. The molecule has 0 unspecified atom stereocenters. The number of rotatable bonds is 4. The van der Waals surface area contributed by atoms with E-state index >= 15 is 0 Å². The van der Waals surface area contributed by atoms with E-state index in [4.69, 9.17) is 9.47 Å². The first-order valence-corrected chi connectivity index (χ1v) is 10.0. The Hall–Kier alpha value is -1.71. The molecule has 2 fully saturated rings. The summed E-state index contributed by atoms with van der Waals surface area (Å²) in [6, 6.07) is 2.61. The second-order valence-electron chi connectivity index (χ2n) is 8.05. The lowest BCUT2D eigenvalue weighted by atomic mass is 9.88. The van der Waals surface area contributed by atoms with Gasteiger partial charge in [0, 0.05) is 41.5 Å². The molecule has 25 heavy (non-hydrogen) atoms. The molecule has 1 aromatic carbocycles. The maximum atomic E-state index is 13.2. The van der Waals surface area contributed by atoms with E-state index in [0.29, 0.717) is 11.9 Å². The predicted molar refractivity (Wildman–Crippen MR) is 95.0 cm³/mol. The molecule has 1 aromatic rings. The summed E-state index contributed by atoms with van der Waals surface area (Å²) in [7, 11) is 0. The molecule has 0 radical (unpaired) electrons. The average molecular weight is 341 g/mol. The van der Waals surface area contributed by atoms with Crippen LogP contribution in [-0.4, -0.2) is 30.1 Å². The molecule has 0 spiro atoms. The van der Waals surface area contributed by atoms with Crippen LogP contribution in [0.15, 0.2) is 6.07 Å². The van der Waals surface area contributed by atoms with Gasteiger partial charge in [0.25, 0.3) is 0 Å². The quantitative estimate of drug-likeness (QED) is 0.839. The van der Waals surface area contributed by atoms with Crippen LogP contribution in [-0.2, 0) is 24.2 Å². The lowest BCUT2D eigenvalue weighted by Crippen LogP contribution is -2.38. The maximum absolute atomic E-state index is 13.2. The van der Waals surface area contributed by atoms with Gasteiger partial charge in [0.1, 0.15) is 11.5 Å².